The van der Waals surface area contributed by atoms with Gasteiger partial charge in [-0.2, -0.15) is 15.8 Å². The van der Waals surface area contributed by atoms with E-state index in [1.807, 2.05) is 24.3 Å². The molecule has 0 radical (unpaired) electrons. The van der Waals surface area contributed by atoms with Gasteiger partial charge in [0.2, 0.25) is 0 Å². The number of benzene rings is 1. The van der Waals surface area contributed by atoms with Crippen LogP contribution in [-0.4, -0.2) is 0 Å². The summed E-state index contributed by atoms with van der Waals surface area (Å²) in [5.41, 5.74) is 6.99. The first kappa shape index (κ1) is 16.6. The van der Waals surface area contributed by atoms with Crippen LogP contribution in [0.1, 0.15) is 30.7 Å². The molecule has 2 aliphatic rings. The Balaban J connectivity index is 2.34. The highest BCUT2D eigenvalue weighted by Crippen LogP contribution is 2.55. The van der Waals surface area contributed by atoms with Crippen LogP contribution in [0.5, 0.6) is 0 Å². The summed E-state index contributed by atoms with van der Waals surface area (Å²) in [5, 5.41) is 29.4. The fourth-order valence-electron chi connectivity index (χ4n) is 3.95. The van der Waals surface area contributed by atoms with Crippen LogP contribution in [0.15, 0.2) is 47.2 Å². The van der Waals surface area contributed by atoms with Crippen molar-refractivity contribution in [2.24, 2.45) is 17.1 Å². The maximum absolute atomic E-state index is 9.90. The molecule has 0 heterocycles. The topological polar surface area (TPSA) is 97.4 Å². The molecule has 0 fully saturated rings. The van der Waals surface area contributed by atoms with Gasteiger partial charge < -0.3 is 5.73 Å². The summed E-state index contributed by atoms with van der Waals surface area (Å²) in [6.45, 7) is 0. The molecule has 0 saturated heterocycles. The van der Waals surface area contributed by atoms with Gasteiger partial charge in [0, 0.05) is 9.49 Å². The molecule has 118 valence electrons. The normalized spacial score (nSPS) is 24.8. The van der Waals surface area contributed by atoms with Crippen molar-refractivity contribution in [3.05, 3.63) is 56.3 Å². The van der Waals surface area contributed by atoms with Crippen molar-refractivity contribution in [2.75, 3.05) is 0 Å². The first-order valence-corrected chi connectivity index (χ1v) is 8.85. The lowest BCUT2D eigenvalue weighted by molar-refractivity contribution is 0.317. The van der Waals surface area contributed by atoms with Crippen molar-refractivity contribution < 1.29 is 0 Å². The Morgan fingerprint density at radius 2 is 1.96 bits per heavy atom. The molecule has 2 atom stereocenters. The first-order chi connectivity index (χ1) is 11.6. The van der Waals surface area contributed by atoms with Gasteiger partial charge in [0.25, 0.3) is 0 Å². The van der Waals surface area contributed by atoms with Gasteiger partial charge in [-0.1, -0.05) is 18.2 Å². The lowest BCUT2D eigenvalue weighted by Gasteiger charge is -2.43. The second-order valence-electron chi connectivity index (χ2n) is 6.16. The molecule has 24 heavy (non-hydrogen) atoms. The molecule has 1 aromatic carbocycles. The molecule has 2 aliphatic carbocycles. The van der Waals surface area contributed by atoms with Gasteiger partial charge in [0.15, 0.2) is 5.41 Å². The number of fused-ring (bicyclic) bond motifs is 1. The third-order valence-corrected chi connectivity index (χ3v) is 5.68. The number of nitrogens with two attached hydrogens (primary N) is 1. The summed E-state index contributed by atoms with van der Waals surface area (Å²) in [7, 11) is 0. The van der Waals surface area contributed by atoms with Crippen LogP contribution < -0.4 is 5.73 Å². The van der Waals surface area contributed by atoms with Crippen LogP contribution in [0.4, 0.5) is 0 Å². The third kappa shape index (κ3) is 2.30. The second-order valence-corrected chi connectivity index (χ2v) is 7.41. The number of nitriles is 3. The van der Waals surface area contributed by atoms with Crippen LogP contribution in [0, 0.1) is 48.9 Å². The molecule has 0 amide bonds. The van der Waals surface area contributed by atoms with E-state index in [2.05, 4.69) is 46.9 Å². The van der Waals surface area contributed by atoms with E-state index < -0.39 is 5.41 Å². The van der Waals surface area contributed by atoms with E-state index in [4.69, 9.17) is 5.73 Å². The zero-order chi connectivity index (χ0) is 17.3. The number of rotatable bonds is 1. The van der Waals surface area contributed by atoms with Crippen LogP contribution in [0.25, 0.3) is 0 Å². The van der Waals surface area contributed by atoms with Gasteiger partial charge in [-0.15, -0.1) is 0 Å². The van der Waals surface area contributed by atoms with E-state index in [-0.39, 0.29) is 17.5 Å². The third-order valence-electron chi connectivity index (χ3n) is 5.01. The smallest absolute Gasteiger partial charge is 0.191 e. The predicted octanol–water partition coefficient (Wildman–Crippen LogP) is 3.88. The molecule has 5 heteroatoms. The molecule has 3 rings (SSSR count). The lowest BCUT2D eigenvalue weighted by Crippen LogP contribution is -2.42. The fourth-order valence-corrected chi connectivity index (χ4v) is 4.52. The van der Waals surface area contributed by atoms with Crippen LogP contribution >= 0.6 is 22.6 Å². The van der Waals surface area contributed by atoms with E-state index in [0.717, 1.165) is 34.0 Å². The maximum atomic E-state index is 9.90. The summed E-state index contributed by atoms with van der Waals surface area (Å²) < 4.78 is 1.05. The standard InChI is InChI=1S/C19H15IN4/c20-13-5-3-4-12(8-13)17-15-7-2-1-6-14(15)16(9-21)18(24)19(17,10-22)11-23/h3-6,8,15,17H,1-2,7,24H2/t15-,17-/m1/s1. The Morgan fingerprint density at radius 1 is 1.21 bits per heavy atom. The van der Waals surface area contributed by atoms with E-state index in [1.165, 1.54) is 0 Å². The molecule has 0 aliphatic heterocycles. The monoisotopic (exact) mass is 426 g/mol. The zero-order valence-corrected chi connectivity index (χ0v) is 15.1. The van der Waals surface area contributed by atoms with Crippen LogP contribution in [0.3, 0.4) is 0 Å². The molecule has 0 saturated carbocycles. The molecule has 1 aromatic rings. The second kappa shape index (κ2) is 6.30. The van der Waals surface area contributed by atoms with Crippen molar-refractivity contribution in [2.45, 2.75) is 25.2 Å². The largest absolute Gasteiger partial charge is 0.399 e. The fraction of sp³-hybridized carbons (Fsp3) is 0.316. The van der Waals surface area contributed by atoms with Crippen molar-refractivity contribution in [3.8, 4) is 18.2 Å². The van der Waals surface area contributed by atoms with Crippen molar-refractivity contribution >= 4 is 22.6 Å². The number of halogens is 1. The van der Waals surface area contributed by atoms with Gasteiger partial charge >= 0.3 is 0 Å². The Bertz CT molecular complexity index is 862. The Hall–Kier alpha value is -2.30. The molecule has 4 nitrogen and oxygen atoms in total. The highest BCUT2D eigenvalue weighted by molar-refractivity contribution is 14.1. The van der Waals surface area contributed by atoms with E-state index in [0.29, 0.717) is 5.57 Å². The summed E-state index contributed by atoms with van der Waals surface area (Å²) in [6, 6.07) is 14.3. The van der Waals surface area contributed by atoms with Crippen LogP contribution in [-0.2, 0) is 0 Å². The van der Waals surface area contributed by atoms with Crippen molar-refractivity contribution in [1.82, 2.24) is 0 Å². The predicted molar refractivity (Wildman–Crippen MR) is 97.8 cm³/mol. The molecule has 0 aromatic heterocycles. The van der Waals surface area contributed by atoms with E-state index in [1.54, 1.807) is 0 Å². The average molecular weight is 426 g/mol. The van der Waals surface area contributed by atoms with E-state index in [9.17, 15) is 15.8 Å². The summed E-state index contributed by atoms with van der Waals surface area (Å²) in [4.78, 5) is 0. The van der Waals surface area contributed by atoms with Gasteiger partial charge in [0.05, 0.1) is 23.4 Å². The van der Waals surface area contributed by atoms with Gasteiger partial charge in [-0.05, 0) is 71.0 Å². The highest BCUT2D eigenvalue weighted by atomic mass is 127. The van der Waals surface area contributed by atoms with Crippen molar-refractivity contribution in [3.63, 3.8) is 0 Å². The first-order valence-electron chi connectivity index (χ1n) is 7.77. The van der Waals surface area contributed by atoms with E-state index >= 15 is 0 Å². The Kier molecular flexibility index (Phi) is 4.35. The molecule has 0 spiro atoms. The minimum absolute atomic E-state index is 0.0294. The van der Waals surface area contributed by atoms with Gasteiger partial charge in [0.1, 0.15) is 6.07 Å². The summed E-state index contributed by atoms with van der Waals surface area (Å²) >= 11 is 2.23. The Morgan fingerprint density at radius 3 is 2.58 bits per heavy atom. The molecular weight excluding hydrogens is 411 g/mol. The number of hydrogen-bond acceptors (Lipinski definition) is 4. The summed E-state index contributed by atoms with van der Waals surface area (Å²) in [5.74, 6) is -0.385. The quantitative estimate of drug-likeness (QED) is 0.689. The molecule has 0 unspecified atom stereocenters. The number of hydrogen-bond donors (Lipinski definition) is 1. The molecule has 0 bridgehead atoms. The molecule has 2 N–H and O–H groups in total. The Labute approximate surface area is 155 Å². The lowest BCUT2D eigenvalue weighted by atomic mass is 9.57. The maximum Gasteiger partial charge on any atom is 0.191 e. The van der Waals surface area contributed by atoms with Crippen LogP contribution in [0.2, 0.25) is 0 Å². The highest BCUT2D eigenvalue weighted by Gasteiger charge is 2.53. The SMILES string of the molecule is N#CC1=C(N)C(C#N)(C#N)[C@H](c2cccc(I)c2)[C@@H]2CCCC=C12. The number of nitrogens with zero attached hydrogens (tertiary/aromatic N) is 3. The minimum Gasteiger partial charge on any atom is -0.399 e. The van der Waals surface area contributed by atoms with Gasteiger partial charge in [-0.3, -0.25) is 0 Å². The summed E-state index contributed by atoms with van der Waals surface area (Å²) in [6.07, 6.45) is 4.79. The molecular formula is C19H15IN4. The van der Waals surface area contributed by atoms with Gasteiger partial charge in [-0.25, -0.2) is 0 Å². The minimum atomic E-state index is -1.51. The number of allylic oxidation sites excluding steroid dienone is 4. The average Bonchev–Trinajstić information content (AvgIpc) is 2.61. The zero-order valence-electron chi connectivity index (χ0n) is 13.0. The van der Waals surface area contributed by atoms with Crippen molar-refractivity contribution in [1.29, 1.82) is 15.8 Å².